The van der Waals surface area contributed by atoms with E-state index >= 15 is 0 Å². The summed E-state index contributed by atoms with van der Waals surface area (Å²) in [6, 6.07) is 3.36. The van der Waals surface area contributed by atoms with Crippen molar-refractivity contribution in [1.82, 2.24) is 10.2 Å². The van der Waals surface area contributed by atoms with Crippen LogP contribution in [0.1, 0.15) is 25.3 Å². The zero-order valence-electron chi connectivity index (χ0n) is 10.5. The summed E-state index contributed by atoms with van der Waals surface area (Å²) < 4.78 is 13.5. The Balaban J connectivity index is 2.14. The standard InChI is InChI=1S/C13H14BrFN2O2/c1-2-3-11-12(18)17(13(19)16-11)7-8-4-5-9(15)6-10(8)14/h4-6,11H,2-3,7H2,1H3,(H,16,19). The maximum absolute atomic E-state index is 13.0. The number of nitrogens with one attached hydrogen (secondary N) is 1. The highest BCUT2D eigenvalue weighted by atomic mass is 79.9. The van der Waals surface area contributed by atoms with Crippen LogP contribution in [-0.4, -0.2) is 22.9 Å². The first-order valence-corrected chi connectivity index (χ1v) is 6.88. The number of halogens is 2. The molecule has 1 fully saturated rings. The molecule has 3 amide bonds. The number of carbonyl (C=O) groups excluding carboxylic acids is 2. The number of urea groups is 1. The van der Waals surface area contributed by atoms with Gasteiger partial charge >= 0.3 is 6.03 Å². The minimum Gasteiger partial charge on any atom is -0.326 e. The van der Waals surface area contributed by atoms with Crippen molar-refractivity contribution in [3.05, 3.63) is 34.1 Å². The molecule has 0 radical (unpaired) electrons. The average Bonchev–Trinajstić information content (AvgIpc) is 2.60. The molecule has 1 aliphatic rings. The first kappa shape index (κ1) is 14.0. The summed E-state index contributed by atoms with van der Waals surface area (Å²) in [6.07, 6.45) is 1.45. The van der Waals surface area contributed by atoms with Gasteiger partial charge in [-0.25, -0.2) is 9.18 Å². The molecule has 1 saturated heterocycles. The first-order valence-electron chi connectivity index (χ1n) is 6.08. The zero-order valence-corrected chi connectivity index (χ0v) is 12.0. The quantitative estimate of drug-likeness (QED) is 0.864. The topological polar surface area (TPSA) is 49.4 Å². The van der Waals surface area contributed by atoms with E-state index in [1.165, 1.54) is 17.0 Å². The van der Waals surface area contributed by atoms with Crippen molar-refractivity contribution in [2.45, 2.75) is 32.4 Å². The smallest absolute Gasteiger partial charge is 0.325 e. The molecule has 0 bridgehead atoms. The van der Waals surface area contributed by atoms with Crippen LogP contribution >= 0.6 is 15.9 Å². The van der Waals surface area contributed by atoms with E-state index in [9.17, 15) is 14.0 Å². The molecule has 1 aliphatic heterocycles. The molecule has 0 aromatic heterocycles. The van der Waals surface area contributed by atoms with Gasteiger partial charge in [-0.3, -0.25) is 9.69 Å². The molecule has 1 aromatic rings. The molecule has 102 valence electrons. The molecule has 2 rings (SSSR count). The number of rotatable bonds is 4. The van der Waals surface area contributed by atoms with Crippen LogP contribution in [-0.2, 0) is 11.3 Å². The van der Waals surface area contributed by atoms with E-state index in [4.69, 9.17) is 0 Å². The first-order chi connectivity index (χ1) is 9.02. The molecule has 1 atom stereocenters. The molecule has 1 aromatic carbocycles. The third-order valence-corrected chi connectivity index (χ3v) is 3.77. The monoisotopic (exact) mass is 328 g/mol. The van der Waals surface area contributed by atoms with Gasteiger partial charge in [0, 0.05) is 4.47 Å². The van der Waals surface area contributed by atoms with E-state index in [0.717, 1.165) is 6.42 Å². The maximum atomic E-state index is 13.0. The van der Waals surface area contributed by atoms with Gasteiger partial charge in [-0.15, -0.1) is 0 Å². The van der Waals surface area contributed by atoms with Crippen molar-refractivity contribution in [2.75, 3.05) is 0 Å². The Morgan fingerprint density at radius 2 is 2.16 bits per heavy atom. The van der Waals surface area contributed by atoms with Gasteiger partial charge < -0.3 is 5.32 Å². The summed E-state index contributed by atoms with van der Waals surface area (Å²) in [6.45, 7) is 2.10. The molecule has 1 heterocycles. The number of carbonyl (C=O) groups is 2. The van der Waals surface area contributed by atoms with Crippen molar-refractivity contribution in [2.24, 2.45) is 0 Å². The molecule has 0 saturated carbocycles. The second-order valence-corrected chi connectivity index (χ2v) is 5.31. The van der Waals surface area contributed by atoms with Gasteiger partial charge in [0.2, 0.25) is 0 Å². The normalized spacial score (nSPS) is 18.9. The summed E-state index contributed by atoms with van der Waals surface area (Å²) in [5.41, 5.74) is 0.696. The molecule has 1 unspecified atom stereocenters. The van der Waals surface area contributed by atoms with Crippen LogP contribution in [0, 0.1) is 5.82 Å². The lowest BCUT2D eigenvalue weighted by Crippen LogP contribution is -2.31. The maximum Gasteiger partial charge on any atom is 0.325 e. The predicted octanol–water partition coefficient (Wildman–Crippen LogP) is 2.81. The van der Waals surface area contributed by atoms with Gasteiger partial charge in [-0.1, -0.05) is 35.3 Å². The second-order valence-electron chi connectivity index (χ2n) is 4.45. The van der Waals surface area contributed by atoms with E-state index in [1.54, 1.807) is 6.07 Å². The lowest BCUT2D eigenvalue weighted by molar-refractivity contribution is -0.128. The Bertz CT molecular complexity index is 521. The summed E-state index contributed by atoms with van der Waals surface area (Å²) in [5.74, 6) is -0.584. The average molecular weight is 329 g/mol. The van der Waals surface area contributed by atoms with Gasteiger partial charge in [0.1, 0.15) is 11.9 Å². The van der Waals surface area contributed by atoms with Crippen molar-refractivity contribution in [3.63, 3.8) is 0 Å². The van der Waals surface area contributed by atoms with Gasteiger partial charge in [-0.2, -0.15) is 0 Å². The van der Waals surface area contributed by atoms with Crippen LogP contribution in [0.5, 0.6) is 0 Å². The molecule has 6 heteroatoms. The molecular weight excluding hydrogens is 315 g/mol. The third kappa shape index (κ3) is 2.94. The zero-order chi connectivity index (χ0) is 14.0. The van der Waals surface area contributed by atoms with Crippen molar-refractivity contribution >= 4 is 27.9 Å². The molecule has 1 N–H and O–H groups in total. The van der Waals surface area contributed by atoms with Gasteiger partial charge in [-0.05, 0) is 24.1 Å². The van der Waals surface area contributed by atoms with Crippen molar-refractivity contribution in [3.8, 4) is 0 Å². The molecule has 0 spiro atoms. The third-order valence-electron chi connectivity index (χ3n) is 3.03. The lowest BCUT2D eigenvalue weighted by atomic mass is 10.1. The van der Waals surface area contributed by atoms with Gasteiger partial charge in [0.05, 0.1) is 6.54 Å². The Kier molecular flexibility index (Phi) is 4.19. The minimum atomic E-state index is -0.434. The molecule has 0 aliphatic carbocycles. The Labute approximate surface area is 119 Å². The second kappa shape index (κ2) is 5.69. The Morgan fingerprint density at radius 1 is 1.42 bits per heavy atom. The Morgan fingerprint density at radius 3 is 2.79 bits per heavy atom. The fourth-order valence-electron chi connectivity index (χ4n) is 2.03. The number of nitrogens with zero attached hydrogens (tertiary/aromatic N) is 1. The Hall–Kier alpha value is -1.43. The van der Waals surface area contributed by atoms with E-state index in [2.05, 4.69) is 21.2 Å². The van der Waals surface area contributed by atoms with Gasteiger partial charge in [0.25, 0.3) is 5.91 Å². The van der Waals surface area contributed by atoms with E-state index in [-0.39, 0.29) is 24.3 Å². The van der Waals surface area contributed by atoms with Crippen LogP contribution < -0.4 is 5.32 Å². The van der Waals surface area contributed by atoms with Crippen LogP contribution in [0.4, 0.5) is 9.18 Å². The summed E-state index contributed by atoms with van der Waals surface area (Å²) in [7, 11) is 0. The largest absolute Gasteiger partial charge is 0.326 e. The van der Waals surface area contributed by atoms with Crippen molar-refractivity contribution < 1.29 is 14.0 Å². The number of hydrogen-bond acceptors (Lipinski definition) is 2. The van der Waals surface area contributed by atoms with E-state index < -0.39 is 6.04 Å². The summed E-state index contributed by atoms with van der Waals surface area (Å²) >= 11 is 3.23. The molecule has 4 nitrogen and oxygen atoms in total. The SMILES string of the molecule is CCCC1NC(=O)N(Cc2ccc(F)cc2Br)C1=O. The summed E-state index contributed by atoms with van der Waals surface area (Å²) in [4.78, 5) is 25.0. The van der Waals surface area contributed by atoms with Crippen LogP contribution in [0.25, 0.3) is 0 Å². The minimum absolute atomic E-state index is 0.145. The van der Waals surface area contributed by atoms with Crippen LogP contribution in [0.15, 0.2) is 22.7 Å². The van der Waals surface area contributed by atoms with Crippen LogP contribution in [0.3, 0.4) is 0 Å². The van der Waals surface area contributed by atoms with Crippen molar-refractivity contribution in [1.29, 1.82) is 0 Å². The van der Waals surface area contributed by atoms with E-state index in [0.29, 0.717) is 16.5 Å². The highest BCUT2D eigenvalue weighted by Gasteiger charge is 2.37. The van der Waals surface area contributed by atoms with E-state index in [1.807, 2.05) is 6.92 Å². The number of imide groups is 1. The number of hydrogen-bond donors (Lipinski definition) is 1. The van der Waals surface area contributed by atoms with Gasteiger partial charge in [0.15, 0.2) is 0 Å². The highest BCUT2D eigenvalue weighted by Crippen LogP contribution is 2.22. The highest BCUT2D eigenvalue weighted by molar-refractivity contribution is 9.10. The van der Waals surface area contributed by atoms with Crippen LogP contribution in [0.2, 0.25) is 0 Å². The molecular formula is C13H14BrFN2O2. The predicted molar refractivity (Wildman–Crippen MR) is 71.9 cm³/mol. The molecule has 19 heavy (non-hydrogen) atoms. The lowest BCUT2D eigenvalue weighted by Gasteiger charge is -2.14. The number of benzene rings is 1. The fraction of sp³-hybridized carbons (Fsp3) is 0.385. The fourth-order valence-corrected chi connectivity index (χ4v) is 2.51. The number of amides is 3. The summed E-state index contributed by atoms with van der Waals surface area (Å²) in [5, 5.41) is 2.65.